The van der Waals surface area contributed by atoms with E-state index in [9.17, 15) is 5.11 Å². The molecule has 2 aromatic rings. The molecule has 1 atom stereocenters. The third-order valence-electron chi connectivity index (χ3n) is 3.68. The highest BCUT2D eigenvalue weighted by molar-refractivity contribution is 5.33. The Morgan fingerprint density at radius 1 is 1.13 bits per heavy atom. The van der Waals surface area contributed by atoms with E-state index in [0.29, 0.717) is 13.2 Å². The molecule has 23 heavy (non-hydrogen) atoms. The Kier molecular flexibility index (Phi) is 6.44. The Morgan fingerprint density at radius 3 is 2.65 bits per heavy atom. The molecule has 0 saturated heterocycles. The second-order valence-electron chi connectivity index (χ2n) is 5.53. The molecule has 1 N–H and O–H groups in total. The van der Waals surface area contributed by atoms with Crippen LogP contribution in [0.3, 0.4) is 0 Å². The number of rotatable bonds is 8. The second kappa shape index (κ2) is 8.56. The average molecular weight is 315 g/mol. The van der Waals surface area contributed by atoms with Crippen LogP contribution in [0, 0.1) is 0 Å². The minimum Gasteiger partial charge on any atom is -0.497 e. The Hall–Kier alpha value is -2.04. The highest BCUT2D eigenvalue weighted by Crippen LogP contribution is 2.22. The zero-order valence-electron chi connectivity index (χ0n) is 14.0. The SMILES string of the molecule is CCOc1ccccc1CN(C)CC(O)c1cccc(OC)c1. The number of hydrogen-bond acceptors (Lipinski definition) is 4. The van der Waals surface area contributed by atoms with Crippen molar-refractivity contribution in [1.29, 1.82) is 0 Å². The molecule has 0 bridgehead atoms. The normalized spacial score (nSPS) is 12.2. The molecule has 0 aliphatic heterocycles. The predicted octanol–water partition coefficient (Wildman–Crippen LogP) is 3.26. The summed E-state index contributed by atoms with van der Waals surface area (Å²) in [6, 6.07) is 15.6. The molecule has 0 saturated carbocycles. The monoisotopic (exact) mass is 315 g/mol. The topological polar surface area (TPSA) is 41.9 Å². The Bertz CT molecular complexity index is 615. The van der Waals surface area contributed by atoms with Crippen molar-refractivity contribution in [2.45, 2.75) is 19.6 Å². The van der Waals surface area contributed by atoms with Crippen LogP contribution in [0.5, 0.6) is 11.5 Å². The molecule has 0 aliphatic carbocycles. The van der Waals surface area contributed by atoms with Gasteiger partial charge in [-0.3, -0.25) is 4.90 Å². The van der Waals surface area contributed by atoms with E-state index >= 15 is 0 Å². The zero-order chi connectivity index (χ0) is 16.7. The Balaban J connectivity index is 2.00. The van der Waals surface area contributed by atoms with Crippen molar-refractivity contribution in [3.8, 4) is 11.5 Å². The van der Waals surface area contributed by atoms with Gasteiger partial charge >= 0.3 is 0 Å². The van der Waals surface area contributed by atoms with Crippen LogP contribution in [0.2, 0.25) is 0 Å². The predicted molar refractivity (Wildman–Crippen MR) is 91.9 cm³/mol. The fraction of sp³-hybridized carbons (Fsp3) is 0.368. The number of nitrogens with zero attached hydrogens (tertiary/aromatic N) is 1. The molecule has 124 valence electrons. The molecule has 0 amide bonds. The van der Waals surface area contributed by atoms with Crippen molar-refractivity contribution in [3.05, 3.63) is 59.7 Å². The van der Waals surface area contributed by atoms with Crippen LogP contribution in [-0.2, 0) is 6.54 Å². The van der Waals surface area contributed by atoms with Gasteiger partial charge in [-0.1, -0.05) is 30.3 Å². The maximum absolute atomic E-state index is 10.4. The highest BCUT2D eigenvalue weighted by atomic mass is 16.5. The number of likely N-dealkylation sites (N-methyl/N-ethyl adjacent to an activating group) is 1. The molecular formula is C19H25NO3. The molecule has 0 heterocycles. The van der Waals surface area contributed by atoms with E-state index in [1.807, 2.05) is 56.4 Å². The van der Waals surface area contributed by atoms with E-state index < -0.39 is 6.10 Å². The van der Waals surface area contributed by atoms with Crippen LogP contribution in [0.15, 0.2) is 48.5 Å². The Morgan fingerprint density at radius 2 is 1.91 bits per heavy atom. The van der Waals surface area contributed by atoms with Crippen LogP contribution >= 0.6 is 0 Å². The molecule has 4 heteroatoms. The van der Waals surface area contributed by atoms with Gasteiger partial charge < -0.3 is 14.6 Å². The van der Waals surface area contributed by atoms with Crippen LogP contribution in [-0.4, -0.2) is 37.3 Å². The lowest BCUT2D eigenvalue weighted by Gasteiger charge is -2.22. The maximum Gasteiger partial charge on any atom is 0.123 e. The first-order valence-corrected chi connectivity index (χ1v) is 7.85. The standard InChI is InChI=1S/C19H25NO3/c1-4-23-19-11-6-5-8-16(19)13-20(2)14-18(21)15-9-7-10-17(12-15)22-3/h5-12,18,21H,4,13-14H2,1-3H3. The number of benzene rings is 2. The van der Waals surface area contributed by atoms with E-state index in [0.717, 1.165) is 29.2 Å². The number of ether oxygens (including phenoxy) is 2. The van der Waals surface area contributed by atoms with Crippen LogP contribution in [0.1, 0.15) is 24.2 Å². The summed E-state index contributed by atoms with van der Waals surface area (Å²) in [6.07, 6.45) is -0.561. The summed E-state index contributed by atoms with van der Waals surface area (Å²) >= 11 is 0. The van der Waals surface area contributed by atoms with E-state index in [4.69, 9.17) is 9.47 Å². The van der Waals surface area contributed by atoms with Gasteiger partial charge in [0.15, 0.2) is 0 Å². The fourth-order valence-corrected chi connectivity index (χ4v) is 2.54. The highest BCUT2D eigenvalue weighted by Gasteiger charge is 2.13. The van der Waals surface area contributed by atoms with Gasteiger partial charge in [-0.2, -0.15) is 0 Å². The molecule has 0 aliphatic rings. The minimum atomic E-state index is -0.561. The van der Waals surface area contributed by atoms with E-state index in [1.54, 1.807) is 7.11 Å². The van der Waals surface area contributed by atoms with Crippen molar-refractivity contribution in [2.75, 3.05) is 27.3 Å². The summed E-state index contributed by atoms with van der Waals surface area (Å²) in [6.45, 7) is 3.88. The molecule has 0 fully saturated rings. The zero-order valence-corrected chi connectivity index (χ0v) is 14.0. The summed E-state index contributed by atoms with van der Waals surface area (Å²) in [5.41, 5.74) is 1.98. The summed E-state index contributed by atoms with van der Waals surface area (Å²) in [5.74, 6) is 1.66. The molecule has 0 radical (unpaired) electrons. The molecule has 1 unspecified atom stereocenters. The summed E-state index contributed by atoms with van der Waals surface area (Å²) in [7, 11) is 3.62. The first-order chi connectivity index (χ1) is 11.1. The van der Waals surface area contributed by atoms with Gasteiger partial charge in [-0.15, -0.1) is 0 Å². The molecular weight excluding hydrogens is 290 g/mol. The minimum absolute atomic E-state index is 0.535. The number of hydrogen-bond donors (Lipinski definition) is 1. The fourth-order valence-electron chi connectivity index (χ4n) is 2.54. The summed E-state index contributed by atoms with van der Waals surface area (Å²) in [5, 5.41) is 10.4. The lowest BCUT2D eigenvalue weighted by atomic mass is 10.1. The van der Waals surface area contributed by atoms with Gasteiger partial charge in [0.1, 0.15) is 11.5 Å². The van der Waals surface area contributed by atoms with Crippen LogP contribution < -0.4 is 9.47 Å². The number of methoxy groups -OCH3 is 1. The maximum atomic E-state index is 10.4. The van der Waals surface area contributed by atoms with E-state index in [1.165, 1.54) is 0 Å². The van der Waals surface area contributed by atoms with Crippen molar-refractivity contribution in [3.63, 3.8) is 0 Å². The number of aliphatic hydroxyl groups is 1. The molecule has 0 aromatic heterocycles. The van der Waals surface area contributed by atoms with Crippen molar-refractivity contribution >= 4 is 0 Å². The molecule has 0 spiro atoms. The third kappa shape index (κ3) is 4.98. The summed E-state index contributed by atoms with van der Waals surface area (Å²) in [4.78, 5) is 2.09. The van der Waals surface area contributed by atoms with E-state index in [-0.39, 0.29) is 0 Å². The van der Waals surface area contributed by atoms with E-state index in [2.05, 4.69) is 11.0 Å². The largest absolute Gasteiger partial charge is 0.497 e. The average Bonchev–Trinajstić information content (AvgIpc) is 2.57. The van der Waals surface area contributed by atoms with Crippen molar-refractivity contribution < 1.29 is 14.6 Å². The van der Waals surface area contributed by atoms with Crippen LogP contribution in [0.25, 0.3) is 0 Å². The number of para-hydroxylation sites is 1. The first kappa shape index (κ1) is 17.3. The molecule has 2 rings (SSSR count). The van der Waals surface area contributed by atoms with Gasteiger partial charge in [0, 0.05) is 18.7 Å². The molecule has 4 nitrogen and oxygen atoms in total. The number of aliphatic hydroxyl groups excluding tert-OH is 1. The lowest BCUT2D eigenvalue weighted by molar-refractivity contribution is 0.123. The second-order valence-corrected chi connectivity index (χ2v) is 5.53. The van der Waals surface area contributed by atoms with Crippen LogP contribution in [0.4, 0.5) is 0 Å². The van der Waals surface area contributed by atoms with Gasteiger partial charge in [-0.25, -0.2) is 0 Å². The van der Waals surface area contributed by atoms with Gasteiger partial charge in [0.2, 0.25) is 0 Å². The van der Waals surface area contributed by atoms with Gasteiger partial charge in [-0.05, 0) is 37.7 Å². The van der Waals surface area contributed by atoms with Gasteiger partial charge in [0.25, 0.3) is 0 Å². The quantitative estimate of drug-likeness (QED) is 0.812. The van der Waals surface area contributed by atoms with Gasteiger partial charge in [0.05, 0.1) is 19.8 Å². The smallest absolute Gasteiger partial charge is 0.123 e. The Labute approximate surface area is 138 Å². The van der Waals surface area contributed by atoms with Crippen molar-refractivity contribution in [1.82, 2.24) is 4.90 Å². The molecule has 2 aromatic carbocycles. The third-order valence-corrected chi connectivity index (χ3v) is 3.68. The first-order valence-electron chi connectivity index (χ1n) is 7.85. The lowest BCUT2D eigenvalue weighted by Crippen LogP contribution is -2.24. The summed E-state index contributed by atoms with van der Waals surface area (Å²) < 4.78 is 10.9. The van der Waals surface area contributed by atoms with Crippen molar-refractivity contribution in [2.24, 2.45) is 0 Å².